The SMILES string of the molecule is CCCN1CC=C[C@@H]2O[C@]34C=CCN(c5ccccc5Cl)C(=O)C3N([C@H](CO)c3ccccc3)C(=O)[C@@H]4[C@@H]2C1=O. The minimum Gasteiger partial charge on any atom is -0.394 e. The van der Waals surface area contributed by atoms with Gasteiger partial charge in [0.05, 0.1) is 41.3 Å². The van der Waals surface area contributed by atoms with Crippen molar-refractivity contribution < 1.29 is 24.2 Å². The van der Waals surface area contributed by atoms with E-state index in [0.717, 1.165) is 6.42 Å². The van der Waals surface area contributed by atoms with Crippen molar-refractivity contribution in [2.24, 2.45) is 11.8 Å². The molecule has 1 N–H and O–H groups in total. The number of carbonyl (C=O) groups excluding carboxylic acids is 3. The van der Waals surface area contributed by atoms with E-state index >= 15 is 0 Å². The van der Waals surface area contributed by atoms with E-state index in [9.17, 15) is 19.5 Å². The van der Waals surface area contributed by atoms with Gasteiger partial charge in [-0.05, 0) is 24.1 Å². The molecular weight excluding hydrogens is 530 g/mol. The predicted molar refractivity (Wildman–Crippen MR) is 150 cm³/mol. The van der Waals surface area contributed by atoms with Gasteiger partial charge >= 0.3 is 0 Å². The lowest BCUT2D eigenvalue weighted by atomic mass is 9.77. The number of amides is 3. The van der Waals surface area contributed by atoms with E-state index in [1.807, 2.05) is 55.5 Å². The molecule has 4 aliphatic rings. The summed E-state index contributed by atoms with van der Waals surface area (Å²) in [7, 11) is 0. The summed E-state index contributed by atoms with van der Waals surface area (Å²) in [5.41, 5.74) is -0.184. The summed E-state index contributed by atoms with van der Waals surface area (Å²) in [4.78, 5) is 47.9. The number of ether oxygens (including phenoxy) is 1. The Bertz CT molecular complexity index is 1380. The zero-order chi connectivity index (χ0) is 28.0. The van der Waals surface area contributed by atoms with Crippen molar-refractivity contribution in [2.75, 3.05) is 31.1 Å². The maximum absolute atomic E-state index is 14.6. The number of anilines is 1. The molecule has 208 valence electrons. The van der Waals surface area contributed by atoms with Gasteiger partial charge in [0.1, 0.15) is 11.6 Å². The molecule has 2 saturated heterocycles. The van der Waals surface area contributed by atoms with Crippen molar-refractivity contribution in [3.63, 3.8) is 0 Å². The van der Waals surface area contributed by atoms with Crippen molar-refractivity contribution >= 4 is 35.0 Å². The highest BCUT2D eigenvalue weighted by atomic mass is 35.5. The van der Waals surface area contributed by atoms with Crippen LogP contribution in [0.4, 0.5) is 5.69 Å². The molecule has 40 heavy (non-hydrogen) atoms. The van der Waals surface area contributed by atoms with Gasteiger partial charge in [0.2, 0.25) is 11.8 Å². The second-order valence-corrected chi connectivity index (χ2v) is 11.1. The first-order valence-corrected chi connectivity index (χ1v) is 14.2. The Kier molecular flexibility index (Phi) is 7.02. The zero-order valence-corrected chi connectivity index (χ0v) is 23.0. The van der Waals surface area contributed by atoms with Crippen LogP contribution in [-0.2, 0) is 19.1 Å². The van der Waals surface area contributed by atoms with E-state index in [2.05, 4.69) is 0 Å². The molecule has 4 heterocycles. The van der Waals surface area contributed by atoms with Gasteiger partial charge in [-0.2, -0.15) is 0 Å². The van der Waals surface area contributed by atoms with Crippen LogP contribution in [0.2, 0.25) is 5.02 Å². The van der Waals surface area contributed by atoms with Crippen LogP contribution < -0.4 is 4.90 Å². The third-order valence-electron chi connectivity index (χ3n) is 8.51. The van der Waals surface area contributed by atoms with Crippen LogP contribution in [0, 0.1) is 11.8 Å². The molecule has 1 unspecified atom stereocenters. The fourth-order valence-electron chi connectivity index (χ4n) is 6.85. The second-order valence-electron chi connectivity index (χ2n) is 10.7. The number of aliphatic hydroxyl groups excluding tert-OH is 1. The van der Waals surface area contributed by atoms with Crippen molar-refractivity contribution in [1.29, 1.82) is 0 Å². The monoisotopic (exact) mass is 561 g/mol. The Morgan fingerprint density at radius 3 is 2.48 bits per heavy atom. The van der Waals surface area contributed by atoms with E-state index in [4.69, 9.17) is 16.3 Å². The highest BCUT2D eigenvalue weighted by molar-refractivity contribution is 6.34. The lowest BCUT2D eigenvalue weighted by Gasteiger charge is -2.38. The molecule has 8 nitrogen and oxygen atoms in total. The van der Waals surface area contributed by atoms with Gasteiger partial charge in [-0.3, -0.25) is 14.4 Å². The molecule has 2 aromatic rings. The minimum absolute atomic E-state index is 0.152. The summed E-state index contributed by atoms with van der Waals surface area (Å²) < 4.78 is 6.71. The first kappa shape index (κ1) is 26.7. The number of rotatable bonds is 6. The Balaban J connectivity index is 1.52. The number of hydrogen-bond donors (Lipinski definition) is 1. The Hall–Kier alpha value is -3.46. The molecule has 2 fully saturated rings. The lowest BCUT2D eigenvalue weighted by Crippen LogP contribution is -2.56. The van der Waals surface area contributed by atoms with Gasteiger partial charge in [0, 0.05) is 19.6 Å². The predicted octanol–water partition coefficient (Wildman–Crippen LogP) is 3.37. The van der Waals surface area contributed by atoms with Crippen LogP contribution in [-0.4, -0.2) is 76.6 Å². The fourth-order valence-corrected chi connectivity index (χ4v) is 7.09. The van der Waals surface area contributed by atoms with E-state index in [1.165, 1.54) is 4.90 Å². The smallest absolute Gasteiger partial charge is 0.253 e. The molecule has 0 radical (unpaired) electrons. The summed E-state index contributed by atoms with van der Waals surface area (Å²) >= 11 is 6.53. The maximum Gasteiger partial charge on any atom is 0.253 e. The molecule has 6 atom stereocenters. The molecule has 1 spiro atoms. The van der Waals surface area contributed by atoms with Crippen LogP contribution in [0.25, 0.3) is 0 Å². The first-order valence-electron chi connectivity index (χ1n) is 13.8. The number of para-hydroxylation sites is 1. The Morgan fingerprint density at radius 2 is 1.75 bits per heavy atom. The second kappa shape index (κ2) is 10.5. The molecule has 0 aromatic heterocycles. The number of benzene rings is 2. The van der Waals surface area contributed by atoms with Crippen molar-refractivity contribution in [3.05, 3.63) is 89.5 Å². The average molecular weight is 562 g/mol. The highest BCUT2D eigenvalue weighted by Crippen LogP contribution is 2.55. The van der Waals surface area contributed by atoms with E-state index in [0.29, 0.717) is 29.4 Å². The topological polar surface area (TPSA) is 90.4 Å². The normalized spacial score (nSPS) is 30.2. The van der Waals surface area contributed by atoms with Gasteiger partial charge in [0.25, 0.3) is 5.91 Å². The molecule has 4 aliphatic heterocycles. The minimum atomic E-state index is -1.39. The lowest BCUT2D eigenvalue weighted by molar-refractivity contribution is -0.147. The van der Waals surface area contributed by atoms with Gasteiger partial charge in [-0.1, -0.05) is 85.3 Å². The van der Waals surface area contributed by atoms with Crippen LogP contribution in [0.15, 0.2) is 78.9 Å². The van der Waals surface area contributed by atoms with Gasteiger partial charge in [-0.25, -0.2) is 0 Å². The molecule has 0 aliphatic carbocycles. The molecule has 3 amide bonds. The number of nitrogens with zero attached hydrogens (tertiary/aromatic N) is 3. The summed E-state index contributed by atoms with van der Waals surface area (Å²) in [6, 6.07) is 14.3. The number of halogens is 1. The molecule has 2 aromatic carbocycles. The highest BCUT2D eigenvalue weighted by Gasteiger charge is 2.72. The third-order valence-corrected chi connectivity index (χ3v) is 8.83. The molecular formula is C31H32ClN3O5. The van der Waals surface area contributed by atoms with E-state index < -0.39 is 42.2 Å². The number of hydrogen-bond acceptors (Lipinski definition) is 5. The largest absolute Gasteiger partial charge is 0.394 e. The summed E-state index contributed by atoms with van der Waals surface area (Å²) in [6.45, 7) is 2.83. The van der Waals surface area contributed by atoms with Gasteiger partial charge < -0.3 is 24.5 Å². The van der Waals surface area contributed by atoms with Crippen molar-refractivity contribution in [1.82, 2.24) is 9.80 Å². The Morgan fingerprint density at radius 1 is 1.00 bits per heavy atom. The number of fused-ring (bicyclic) bond motifs is 2. The maximum atomic E-state index is 14.6. The standard InChI is InChI=1S/C31H32ClN3O5/c1-2-16-33-17-8-14-24-25(28(33)37)26-29(38)35(23(19-36)20-10-4-3-5-11-20)27-30(39)34(18-9-15-31(26,27)40-24)22-13-7-6-12-21(22)32/h3-15,23-27,36H,2,16-19H2,1H3/t23-,24+,25-,26+,27?,31+/m1/s1. The zero-order valence-electron chi connectivity index (χ0n) is 22.2. The summed E-state index contributed by atoms with van der Waals surface area (Å²) in [5.74, 6) is -2.62. The first-order chi connectivity index (χ1) is 19.4. The van der Waals surface area contributed by atoms with Crippen LogP contribution >= 0.6 is 11.6 Å². The van der Waals surface area contributed by atoms with Gasteiger partial charge in [-0.15, -0.1) is 0 Å². The molecule has 6 rings (SSSR count). The van der Waals surface area contributed by atoms with Crippen LogP contribution in [0.5, 0.6) is 0 Å². The summed E-state index contributed by atoms with van der Waals surface area (Å²) in [5, 5.41) is 11.1. The number of likely N-dealkylation sites (tertiary alicyclic amines) is 1. The molecule has 0 saturated carbocycles. The van der Waals surface area contributed by atoms with E-state index in [-0.39, 0.29) is 24.3 Å². The molecule has 0 bridgehead atoms. The van der Waals surface area contributed by atoms with Gasteiger partial charge in [0.15, 0.2) is 0 Å². The van der Waals surface area contributed by atoms with Crippen LogP contribution in [0.1, 0.15) is 24.9 Å². The van der Waals surface area contributed by atoms with Crippen molar-refractivity contribution in [2.45, 2.75) is 37.1 Å². The third kappa shape index (κ3) is 4.00. The molecule has 9 heteroatoms. The number of carbonyl (C=O) groups is 3. The van der Waals surface area contributed by atoms with Crippen LogP contribution in [0.3, 0.4) is 0 Å². The van der Waals surface area contributed by atoms with E-state index in [1.54, 1.807) is 40.1 Å². The fraction of sp³-hybridized carbons (Fsp3) is 0.387. The Labute approximate surface area is 238 Å². The van der Waals surface area contributed by atoms with Crippen molar-refractivity contribution in [3.8, 4) is 0 Å². The summed E-state index contributed by atoms with van der Waals surface area (Å²) in [6.07, 6.45) is 7.52. The number of aliphatic hydroxyl groups is 1. The average Bonchev–Trinajstić information content (AvgIpc) is 3.28. The quantitative estimate of drug-likeness (QED) is 0.546.